The molecule has 3 N–H and O–H groups in total. The van der Waals surface area contributed by atoms with Gasteiger partial charge in [0.2, 0.25) is 5.91 Å². The number of ether oxygens (including phenoxy) is 1. The van der Waals surface area contributed by atoms with Crippen LogP contribution in [0.3, 0.4) is 0 Å². The van der Waals surface area contributed by atoms with Gasteiger partial charge in [-0.15, -0.1) is 12.4 Å². The van der Waals surface area contributed by atoms with Crippen LogP contribution in [0.15, 0.2) is 24.3 Å². The molecule has 0 heterocycles. The van der Waals surface area contributed by atoms with Gasteiger partial charge in [0.25, 0.3) is 0 Å². The van der Waals surface area contributed by atoms with Gasteiger partial charge in [-0.3, -0.25) is 4.79 Å². The summed E-state index contributed by atoms with van der Waals surface area (Å²) in [4.78, 5) is 11.1. The Hall–Kier alpha value is -1.26. The van der Waals surface area contributed by atoms with Crippen LogP contribution in [0.4, 0.5) is 5.69 Å². The number of nitrogens with one attached hydrogen (secondary N) is 1. The fourth-order valence-corrected chi connectivity index (χ4v) is 1.11. The third-order valence-electron chi connectivity index (χ3n) is 1.81. The van der Waals surface area contributed by atoms with Crippen molar-refractivity contribution in [3.05, 3.63) is 24.3 Å². The molecule has 1 aromatic carbocycles. The number of rotatable bonds is 5. The van der Waals surface area contributed by atoms with Crippen molar-refractivity contribution in [2.45, 2.75) is 13.3 Å². The fraction of sp³-hybridized carbons (Fsp3) is 0.364. The van der Waals surface area contributed by atoms with Gasteiger partial charge in [-0.25, -0.2) is 0 Å². The minimum absolute atomic E-state index is 0. The molecule has 0 radical (unpaired) electrons. The normalized spacial score (nSPS) is 9.12. The Balaban J connectivity index is 0.00000225. The molecule has 1 aromatic rings. The molecule has 0 saturated heterocycles. The maximum atomic E-state index is 11.1. The van der Waals surface area contributed by atoms with E-state index in [-0.39, 0.29) is 24.9 Å². The quantitative estimate of drug-likeness (QED) is 0.830. The van der Waals surface area contributed by atoms with Crippen molar-refractivity contribution in [3.63, 3.8) is 0 Å². The number of benzene rings is 1. The van der Waals surface area contributed by atoms with Crippen LogP contribution in [0.25, 0.3) is 0 Å². The second-order valence-corrected chi connectivity index (χ2v) is 3.10. The highest BCUT2D eigenvalue weighted by atomic mass is 35.5. The number of anilines is 1. The van der Waals surface area contributed by atoms with E-state index in [9.17, 15) is 4.79 Å². The lowest BCUT2D eigenvalue weighted by Crippen LogP contribution is -2.22. The molecule has 0 fully saturated rings. The largest absolute Gasteiger partial charge is 0.491 e. The summed E-state index contributed by atoms with van der Waals surface area (Å²) in [6.07, 6.45) is 0.930. The predicted octanol–water partition coefficient (Wildman–Crippen LogP) is 1.79. The molecule has 1 amide bonds. The third kappa shape index (κ3) is 4.51. The van der Waals surface area contributed by atoms with Crippen LogP contribution >= 0.6 is 12.4 Å². The fourth-order valence-electron chi connectivity index (χ4n) is 1.11. The van der Waals surface area contributed by atoms with Crippen molar-refractivity contribution >= 4 is 24.0 Å². The van der Waals surface area contributed by atoms with Gasteiger partial charge in [0.05, 0.1) is 18.8 Å². The SMILES string of the molecule is CCCOc1ccccc1NC(=O)CN.Cl. The van der Waals surface area contributed by atoms with Crippen molar-refractivity contribution in [2.24, 2.45) is 5.73 Å². The van der Waals surface area contributed by atoms with E-state index in [0.29, 0.717) is 18.0 Å². The molecule has 90 valence electrons. The van der Waals surface area contributed by atoms with E-state index in [2.05, 4.69) is 5.32 Å². The Morgan fingerprint density at radius 1 is 1.44 bits per heavy atom. The lowest BCUT2D eigenvalue weighted by Gasteiger charge is -2.10. The minimum Gasteiger partial charge on any atom is -0.491 e. The van der Waals surface area contributed by atoms with E-state index in [1.54, 1.807) is 6.07 Å². The zero-order valence-electron chi connectivity index (χ0n) is 9.23. The molecule has 5 heteroatoms. The van der Waals surface area contributed by atoms with Gasteiger partial charge in [0.1, 0.15) is 5.75 Å². The van der Waals surface area contributed by atoms with E-state index < -0.39 is 0 Å². The molecule has 0 atom stereocenters. The standard InChI is InChI=1S/C11H16N2O2.ClH/c1-2-7-15-10-6-4-3-5-9(10)13-11(14)8-12;/h3-6H,2,7-8,12H2,1H3,(H,13,14);1H. The zero-order valence-corrected chi connectivity index (χ0v) is 10.0. The van der Waals surface area contributed by atoms with Gasteiger partial charge >= 0.3 is 0 Å². The molecule has 0 aliphatic rings. The van der Waals surface area contributed by atoms with Crippen molar-refractivity contribution in [1.82, 2.24) is 0 Å². The number of hydrogen-bond acceptors (Lipinski definition) is 3. The average molecular weight is 245 g/mol. The monoisotopic (exact) mass is 244 g/mol. The number of hydrogen-bond donors (Lipinski definition) is 2. The van der Waals surface area contributed by atoms with Crippen LogP contribution in [-0.4, -0.2) is 19.1 Å². The first-order valence-electron chi connectivity index (χ1n) is 4.99. The Morgan fingerprint density at radius 3 is 2.75 bits per heavy atom. The van der Waals surface area contributed by atoms with Crippen molar-refractivity contribution in [3.8, 4) is 5.75 Å². The number of halogens is 1. The molecule has 0 saturated carbocycles. The third-order valence-corrected chi connectivity index (χ3v) is 1.81. The van der Waals surface area contributed by atoms with Crippen LogP contribution in [0, 0.1) is 0 Å². The summed E-state index contributed by atoms with van der Waals surface area (Å²) in [6, 6.07) is 7.31. The number of carbonyl (C=O) groups excluding carboxylic acids is 1. The Labute approximate surface area is 102 Å². The van der Waals surface area contributed by atoms with Crippen LogP contribution in [-0.2, 0) is 4.79 Å². The van der Waals surface area contributed by atoms with Gasteiger partial charge in [-0.1, -0.05) is 19.1 Å². The van der Waals surface area contributed by atoms with Crippen molar-refractivity contribution < 1.29 is 9.53 Å². The zero-order chi connectivity index (χ0) is 11.1. The molecule has 1 rings (SSSR count). The number of carbonyl (C=O) groups is 1. The first-order chi connectivity index (χ1) is 7.27. The van der Waals surface area contributed by atoms with Crippen molar-refractivity contribution in [2.75, 3.05) is 18.5 Å². The van der Waals surface area contributed by atoms with E-state index in [4.69, 9.17) is 10.5 Å². The van der Waals surface area contributed by atoms with E-state index in [1.165, 1.54) is 0 Å². The molecule has 0 aromatic heterocycles. The van der Waals surface area contributed by atoms with Gasteiger partial charge in [-0.2, -0.15) is 0 Å². The molecular formula is C11H17ClN2O2. The molecule has 0 bridgehead atoms. The summed E-state index contributed by atoms with van der Waals surface area (Å²) in [7, 11) is 0. The maximum Gasteiger partial charge on any atom is 0.238 e. The molecular weight excluding hydrogens is 228 g/mol. The highest BCUT2D eigenvalue weighted by molar-refractivity contribution is 5.93. The van der Waals surface area contributed by atoms with Crippen molar-refractivity contribution in [1.29, 1.82) is 0 Å². The first kappa shape index (κ1) is 14.7. The molecule has 4 nitrogen and oxygen atoms in total. The molecule has 0 aliphatic carbocycles. The lowest BCUT2D eigenvalue weighted by atomic mass is 10.3. The average Bonchev–Trinajstić information content (AvgIpc) is 2.28. The summed E-state index contributed by atoms with van der Waals surface area (Å²) in [5.41, 5.74) is 5.89. The summed E-state index contributed by atoms with van der Waals surface area (Å²) in [6.45, 7) is 2.64. The van der Waals surface area contributed by atoms with Gasteiger partial charge < -0.3 is 15.8 Å². The van der Waals surface area contributed by atoms with Gasteiger partial charge in [0, 0.05) is 0 Å². The number of amides is 1. The van der Waals surface area contributed by atoms with E-state index in [0.717, 1.165) is 6.42 Å². The van der Waals surface area contributed by atoms with Gasteiger partial charge in [0.15, 0.2) is 0 Å². The number of para-hydroxylation sites is 2. The summed E-state index contributed by atoms with van der Waals surface area (Å²) >= 11 is 0. The summed E-state index contributed by atoms with van der Waals surface area (Å²) in [5.74, 6) is 0.462. The topological polar surface area (TPSA) is 64.3 Å². The highest BCUT2D eigenvalue weighted by Crippen LogP contribution is 2.23. The van der Waals surface area contributed by atoms with Crippen LogP contribution < -0.4 is 15.8 Å². The highest BCUT2D eigenvalue weighted by Gasteiger charge is 2.05. The molecule has 0 aliphatic heterocycles. The minimum atomic E-state index is -0.220. The lowest BCUT2D eigenvalue weighted by molar-refractivity contribution is -0.114. The summed E-state index contributed by atoms with van der Waals surface area (Å²) in [5, 5.41) is 2.68. The molecule has 0 spiro atoms. The second kappa shape index (κ2) is 7.96. The smallest absolute Gasteiger partial charge is 0.238 e. The first-order valence-corrected chi connectivity index (χ1v) is 4.99. The molecule has 16 heavy (non-hydrogen) atoms. The molecule has 0 unspecified atom stereocenters. The van der Waals surface area contributed by atoms with Crippen LogP contribution in [0.2, 0.25) is 0 Å². The second-order valence-electron chi connectivity index (χ2n) is 3.10. The van der Waals surface area contributed by atoms with E-state index in [1.807, 2.05) is 25.1 Å². The van der Waals surface area contributed by atoms with Crippen LogP contribution in [0.5, 0.6) is 5.75 Å². The van der Waals surface area contributed by atoms with E-state index >= 15 is 0 Å². The Kier molecular flexibility index (Phi) is 7.33. The predicted molar refractivity (Wildman–Crippen MR) is 67.2 cm³/mol. The maximum absolute atomic E-state index is 11.1. The summed E-state index contributed by atoms with van der Waals surface area (Å²) < 4.78 is 5.48. The van der Waals surface area contributed by atoms with Crippen LogP contribution in [0.1, 0.15) is 13.3 Å². The Morgan fingerprint density at radius 2 is 2.12 bits per heavy atom. The Bertz CT molecular complexity index is 332. The number of nitrogens with two attached hydrogens (primary N) is 1. The van der Waals surface area contributed by atoms with Gasteiger partial charge in [-0.05, 0) is 18.6 Å².